The van der Waals surface area contributed by atoms with Crippen LogP contribution >= 0.6 is 0 Å². The molecule has 3 atom stereocenters. The molecule has 0 spiro atoms. The van der Waals surface area contributed by atoms with Crippen LogP contribution in [-0.4, -0.2) is 5.11 Å². The molecule has 2 aromatic carbocycles. The maximum Gasteiger partial charge on any atom is 0.0829 e. The van der Waals surface area contributed by atoms with Gasteiger partial charge in [0, 0.05) is 0 Å². The number of rotatable bonds is 3. The van der Waals surface area contributed by atoms with E-state index in [0.717, 1.165) is 12.0 Å². The minimum absolute atomic E-state index is 0.339. The second-order valence-corrected chi connectivity index (χ2v) is 6.54. The summed E-state index contributed by atoms with van der Waals surface area (Å²) in [7, 11) is 0. The van der Waals surface area contributed by atoms with E-state index < -0.39 is 0 Å². The Labute approximate surface area is 127 Å². The maximum atomic E-state index is 10.9. The van der Waals surface area contributed by atoms with Crippen molar-refractivity contribution in [1.82, 2.24) is 0 Å². The molecule has 0 bridgehead atoms. The zero-order valence-electron chi connectivity index (χ0n) is 13.4. The number of aliphatic hydroxyl groups is 1. The van der Waals surface area contributed by atoms with E-state index in [1.54, 1.807) is 0 Å². The van der Waals surface area contributed by atoms with Gasteiger partial charge in [0.15, 0.2) is 0 Å². The maximum absolute atomic E-state index is 10.9. The third-order valence-corrected chi connectivity index (χ3v) is 5.19. The van der Waals surface area contributed by atoms with Crippen LogP contribution in [-0.2, 0) is 0 Å². The van der Waals surface area contributed by atoms with Gasteiger partial charge in [0.1, 0.15) is 0 Å². The molecule has 1 saturated carbocycles. The van der Waals surface area contributed by atoms with Crippen LogP contribution in [0.1, 0.15) is 51.8 Å². The molecular formula is C20H24O. The van der Waals surface area contributed by atoms with E-state index in [2.05, 4.69) is 64.1 Å². The smallest absolute Gasteiger partial charge is 0.0829 e. The molecule has 0 aromatic heterocycles. The number of hydrogen-bond acceptors (Lipinski definition) is 1. The van der Waals surface area contributed by atoms with Gasteiger partial charge in [-0.1, -0.05) is 36.4 Å². The summed E-state index contributed by atoms with van der Waals surface area (Å²) in [6, 6.07) is 12.8. The molecule has 3 rings (SSSR count). The molecule has 1 nitrogen and oxygen atoms in total. The zero-order valence-corrected chi connectivity index (χ0v) is 13.4. The summed E-state index contributed by atoms with van der Waals surface area (Å²) in [5.41, 5.74) is 7.60. The molecule has 0 aliphatic heterocycles. The highest BCUT2D eigenvalue weighted by Gasteiger charge is 2.44. The summed E-state index contributed by atoms with van der Waals surface area (Å²) in [6.07, 6.45) is 0.755. The van der Waals surface area contributed by atoms with Crippen LogP contribution < -0.4 is 0 Å². The molecule has 0 heterocycles. The fourth-order valence-electron chi connectivity index (χ4n) is 3.55. The van der Waals surface area contributed by atoms with E-state index in [1.165, 1.54) is 27.8 Å². The van der Waals surface area contributed by atoms with Crippen molar-refractivity contribution in [3.05, 3.63) is 69.8 Å². The van der Waals surface area contributed by atoms with Gasteiger partial charge in [-0.2, -0.15) is 0 Å². The van der Waals surface area contributed by atoms with Crippen molar-refractivity contribution in [3.63, 3.8) is 0 Å². The summed E-state index contributed by atoms with van der Waals surface area (Å²) < 4.78 is 0. The normalized spacial score (nSPS) is 22.1. The molecule has 2 aromatic rings. The summed E-state index contributed by atoms with van der Waals surface area (Å²) in [5, 5.41) is 10.9. The van der Waals surface area contributed by atoms with Gasteiger partial charge in [0.05, 0.1) is 6.10 Å². The number of aryl methyl sites for hydroxylation is 2. The number of benzene rings is 2. The molecule has 0 radical (unpaired) electrons. The molecule has 0 saturated heterocycles. The van der Waals surface area contributed by atoms with Crippen LogP contribution in [0.25, 0.3) is 0 Å². The lowest BCUT2D eigenvalue weighted by Gasteiger charge is -2.20. The number of hydrogen-bond donors (Lipinski definition) is 1. The zero-order chi connectivity index (χ0) is 15.1. The average Bonchev–Trinajstić information content (AvgIpc) is 3.27. The van der Waals surface area contributed by atoms with Crippen LogP contribution in [0.15, 0.2) is 36.4 Å². The van der Waals surface area contributed by atoms with Gasteiger partial charge in [-0.15, -0.1) is 0 Å². The van der Waals surface area contributed by atoms with Crippen molar-refractivity contribution < 1.29 is 5.11 Å². The average molecular weight is 280 g/mol. The second kappa shape index (κ2) is 5.31. The fraction of sp³-hybridized carbons (Fsp3) is 0.400. The van der Waals surface area contributed by atoms with Gasteiger partial charge in [0.2, 0.25) is 0 Å². The van der Waals surface area contributed by atoms with Gasteiger partial charge < -0.3 is 5.11 Å². The van der Waals surface area contributed by atoms with Crippen molar-refractivity contribution in [1.29, 1.82) is 0 Å². The molecule has 0 amide bonds. The SMILES string of the molecule is Cc1cc(C)c(C)c(C(O)C2CC2c2ccccc2)c1C. The molecule has 3 unspecified atom stereocenters. The second-order valence-electron chi connectivity index (χ2n) is 6.54. The monoisotopic (exact) mass is 280 g/mol. The van der Waals surface area contributed by atoms with Crippen molar-refractivity contribution >= 4 is 0 Å². The Hall–Kier alpha value is -1.60. The van der Waals surface area contributed by atoms with Gasteiger partial charge in [0.25, 0.3) is 0 Å². The van der Waals surface area contributed by atoms with Gasteiger partial charge in [-0.3, -0.25) is 0 Å². The van der Waals surface area contributed by atoms with Crippen LogP contribution in [0.5, 0.6) is 0 Å². The lowest BCUT2D eigenvalue weighted by Crippen LogP contribution is -2.08. The quantitative estimate of drug-likeness (QED) is 0.859. The Morgan fingerprint density at radius 3 is 2.10 bits per heavy atom. The van der Waals surface area contributed by atoms with Crippen LogP contribution in [0, 0.1) is 33.6 Å². The fourth-order valence-corrected chi connectivity index (χ4v) is 3.55. The highest BCUT2D eigenvalue weighted by atomic mass is 16.3. The first-order valence-electron chi connectivity index (χ1n) is 7.81. The molecule has 21 heavy (non-hydrogen) atoms. The predicted molar refractivity (Wildman–Crippen MR) is 87.6 cm³/mol. The Kier molecular flexibility index (Phi) is 3.62. The first-order chi connectivity index (χ1) is 10.0. The first kappa shape index (κ1) is 14.3. The largest absolute Gasteiger partial charge is 0.388 e. The molecule has 1 aliphatic rings. The van der Waals surface area contributed by atoms with Gasteiger partial charge in [-0.25, -0.2) is 0 Å². The van der Waals surface area contributed by atoms with E-state index >= 15 is 0 Å². The van der Waals surface area contributed by atoms with Crippen molar-refractivity contribution in [3.8, 4) is 0 Å². The molecule has 1 heteroatoms. The molecule has 1 fully saturated rings. The Morgan fingerprint density at radius 2 is 1.52 bits per heavy atom. The van der Waals surface area contributed by atoms with E-state index in [4.69, 9.17) is 0 Å². The van der Waals surface area contributed by atoms with Gasteiger partial charge in [-0.05, 0) is 79.3 Å². The summed E-state index contributed by atoms with van der Waals surface area (Å²) in [5.74, 6) is 0.881. The minimum Gasteiger partial charge on any atom is -0.388 e. The Balaban J connectivity index is 1.90. The Bertz CT molecular complexity index is 631. The van der Waals surface area contributed by atoms with Crippen LogP contribution in [0.4, 0.5) is 0 Å². The molecular weight excluding hydrogens is 256 g/mol. The number of aliphatic hydroxyl groups excluding tert-OH is 1. The van der Waals surface area contributed by atoms with Crippen molar-refractivity contribution in [2.45, 2.75) is 46.1 Å². The van der Waals surface area contributed by atoms with E-state index in [9.17, 15) is 5.11 Å². The van der Waals surface area contributed by atoms with Gasteiger partial charge >= 0.3 is 0 Å². The lowest BCUT2D eigenvalue weighted by molar-refractivity contribution is 0.149. The first-order valence-corrected chi connectivity index (χ1v) is 7.81. The summed E-state index contributed by atoms with van der Waals surface area (Å²) in [6.45, 7) is 8.56. The van der Waals surface area contributed by atoms with Crippen LogP contribution in [0.3, 0.4) is 0 Å². The van der Waals surface area contributed by atoms with Crippen molar-refractivity contribution in [2.75, 3.05) is 0 Å². The van der Waals surface area contributed by atoms with E-state index in [0.29, 0.717) is 11.8 Å². The molecule has 1 aliphatic carbocycles. The topological polar surface area (TPSA) is 20.2 Å². The van der Waals surface area contributed by atoms with E-state index in [1.807, 2.05) is 0 Å². The highest BCUT2D eigenvalue weighted by Crippen LogP contribution is 2.55. The minimum atomic E-state index is -0.339. The lowest BCUT2D eigenvalue weighted by atomic mass is 9.88. The van der Waals surface area contributed by atoms with E-state index in [-0.39, 0.29) is 6.10 Å². The predicted octanol–water partition coefficient (Wildman–Crippen LogP) is 4.76. The standard InChI is InChI=1S/C20H24O/c1-12-10-13(2)15(4)19(14(12)3)20(21)18-11-17(18)16-8-6-5-7-9-16/h5-10,17-18,20-21H,11H2,1-4H3. The van der Waals surface area contributed by atoms with Crippen LogP contribution in [0.2, 0.25) is 0 Å². The molecule has 110 valence electrons. The third-order valence-electron chi connectivity index (χ3n) is 5.19. The third kappa shape index (κ3) is 2.51. The molecule has 1 N–H and O–H groups in total. The Morgan fingerprint density at radius 1 is 0.952 bits per heavy atom. The van der Waals surface area contributed by atoms with Crippen molar-refractivity contribution in [2.24, 2.45) is 5.92 Å². The summed E-state index contributed by atoms with van der Waals surface area (Å²) in [4.78, 5) is 0. The highest BCUT2D eigenvalue weighted by molar-refractivity contribution is 5.46. The summed E-state index contributed by atoms with van der Waals surface area (Å²) >= 11 is 0.